The first-order valence-corrected chi connectivity index (χ1v) is 14.1. The fourth-order valence-corrected chi connectivity index (χ4v) is 5.67. The number of piperidine rings is 1. The van der Waals surface area contributed by atoms with Gasteiger partial charge in [0.2, 0.25) is 0 Å². The topological polar surface area (TPSA) is 89.2 Å². The number of nitrogens with one attached hydrogen (secondary N) is 1. The summed E-state index contributed by atoms with van der Waals surface area (Å²) in [7, 11) is 1.60. The Balaban J connectivity index is 1.30. The molecule has 3 aromatic rings. The Labute approximate surface area is 234 Å². The molecule has 0 bridgehead atoms. The van der Waals surface area contributed by atoms with Gasteiger partial charge in [-0.1, -0.05) is 47.9 Å². The Morgan fingerprint density at radius 3 is 2.77 bits per heavy atom. The summed E-state index contributed by atoms with van der Waals surface area (Å²) in [5, 5.41) is 10.9. The van der Waals surface area contributed by atoms with Crippen LogP contribution < -0.4 is 10.2 Å². The van der Waals surface area contributed by atoms with Crippen molar-refractivity contribution in [3.8, 4) is 11.3 Å². The normalized spacial score (nSPS) is 19.5. The van der Waals surface area contributed by atoms with E-state index in [1.807, 2.05) is 18.2 Å². The molecule has 212 valence electrons. The molecule has 1 saturated heterocycles. The Hall–Kier alpha value is -3.72. The highest BCUT2D eigenvalue weighted by Crippen LogP contribution is 2.44. The maximum atomic E-state index is 15.1. The highest BCUT2D eigenvalue weighted by Gasteiger charge is 2.34. The van der Waals surface area contributed by atoms with Gasteiger partial charge in [0.05, 0.1) is 18.3 Å². The van der Waals surface area contributed by atoms with Gasteiger partial charge in [-0.15, -0.1) is 0 Å². The van der Waals surface area contributed by atoms with E-state index in [1.54, 1.807) is 13.1 Å². The number of oxime groups is 1. The Morgan fingerprint density at radius 2 is 2.08 bits per heavy atom. The van der Waals surface area contributed by atoms with Gasteiger partial charge in [0.25, 0.3) is 0 Å². The van der Waals surface area contributed by atoms with Crippen LogP contribution in [0.2, 0.25) is 0 Å². The summed E-state index contributed by atoms with van der Waals surface area (Å²) in [6.45, 7) is 5.70. The second-order valence-corrected chi connectivity index (χ2v) is 10.6. The molecule has 2 heterocycles. The molecule has 2 unspecified atom stereocenters. The maximum Gasteiger partial charge on any atom is 0.323 e. The molecule has 1 aromatic heterocycles. The van der Waals surface area contributed by atoms with Crippen LogP contribution in [0.3, 0.4) is 0 Å². The molecular weight excluding hydrogens is 511 g/mol. The van der Waals surface area contributed by atoms with Crippen LogP contribution in [-0.4, -0.2) is 43.2 Å². The molecule has 1 saturated carbocycles. The van der Waals surface area contributed by atoms with Crippen molar-refractivity contribution >= 4 is 18.0 Å². The number of amidine groups is 1. The molecule has 2 aromatic carbocycles. The average molecular weight is 549 g/mol. The summed E-state index contributed by atoms with van der Waals surface area (Å²) in [6.07, 6.45) is 6.05. The van der Waals surface area contributed by atoms with Crippen molar-refractivity contribution in [3.63, 3.8) is 0 Å². The van der Waals surface area contributed by atoms with E-state index in [-0.39, 0.29) is 30.0 Å². The number of benzene rings is 2. The minimum absolute atomic E-state index is 0.0899. The molecule has 5 rings (SSSR count). The predicted molar refractivity (Wildman–Crippen MR) is 152 cm³/mol. The summed E-state index contributed by atoms with van der Waals surface area (Å²) in [6, 6.07) is 13.6. The minimum Gasteiger partial charge on any atom is -0.373 e. The first-order chi connectivity index (χ1) is 19.5. The molecule has 0 spiro atoms. The number of aryl methyl sites for hydroxylation is 1. The summed E-state index contributed by atoms with van der Waals surface area (Å²) in [5.41, 5.74) is 5.28. The van der Waals surface area contributed by atoms with Gasteiger partial charge in [-0.3, -0.25) is 4.79 Å². The van der Waals surface area contributed by atoms with Gasteiger partial charge in [-0.05, 0) is 62.8 Å². The van der Waals surface area contributed by atoms with Gasteiger partial charge in [0.1, 0.15) is 17.3 Å². The Kier molecular flexibility index (Phi) is 8.79. The van der Waals surface area contributed by atoms with E-state index in [9.17, 15) is 4.79 Å². The third-order valence-electron chi connectivity index (χ3n) is 7.88. The van der Waals surface area contributed by atoms with Crippen LogP contribution in [0.25, 0.3) is 11.3 Å². The first-order valence-electron chi connectivity index (χ1n) is 14.1. The summed E-state index contributed by atoms with van der Waals surface area (Å²) in [5.74, 6) is 1.13. The van der Waals surface area contributed by atoms with Crippen LogP contribution in [0, 0.1) is 12.7 Å². The van der Waals surface area contributed by atoms with Crippen LogP contribution in [0.4, 0.5) is 10.1 Å². The smallest absolute Gasteiger partial charge is 0.323 e. The number of anilines is 1. The number of halogens is 1. The van der Waals surface area contributed by atoms with Crippen molar-refractivity contribution in [1.82, 2.24) is 10.5 Å². The number of nitrogens with zero attached hydrogens (tertiary/aromatic N) is 3. The van der Waals surface area contributed by atoms with Crippen molar-refractivity contribution in [2.45, 2.75) is 77.0 Å². The van der Waals surface area contributed by atoms with Gasteiger partial charge in [0, 0.05) is 42.4 Å². The molecular formula is C31H37FN4O4. The molecule has 40 heavy (non-hydrogen) atoms. The number of ether oxygens (including phenoxy) is 1. The lowest BCUT2D eigenvalue weighted by atomic mass is 9.94. The standard InChI is InChI=1S/C31H37FN4O4/c1-4-7-22-16-24(14-15-36(22)23-12-13-26(28(32)17-23)31(33-3)35-39-19-37)38-18-27-29(25-9-6-5-8-20(25)2)34-40-30(27)21-10-11-21/h5-6,8-9,12-13,17,19,21-22,24H,4,7,10-11,14-16,18H2,1-3H3,(H,33,35). The van der Waals surface area contributed by atoms with E-state index in [0.29, 0.717) is 12.5 Å². The molecule has 0 amide bonds. The molecule has 1 aliphatic carbocycles. The largest absolute Gasteiger partial charge is 0.373 e. The number of carbonyl (C=O) groups excluding carboxylic acids is 1. The predicted octanol–water partition coefficient (Wildman–Crippen LogP) is 6.07. The van der Waals surface area contributed by atoms with Crippen LogP contribution in [0.1, 0.15) is 73.8 Å². The van der Waals surface area contributed by atoms with Gasteiger partial charge in [-0.2, -0.15) is 0 Å². The lowest BCUT2D eigenvalue weighted by Gasteiger charge is -2.41. The second-order valence-electron chi connectivity index (χ2n) is 10.6. The molecule has 1 N–H and O–H groups in total. The zero-order valence-electron chi connectivity index (χ0n) is 23.4. The SMILES string of the molecule is CCCC1CC(OCc2c(-c3ccccc3C)noc2C2CC2)CCN1c1ccc(/C(=N/OC=O)NC)c(F)c1. The quantitative estimate of drug-likeness (QED) is 0.102. The number of hydrogen-bond donors (Lipinski definition) is 1. The lowest BCUT2D eigenvalue weighted by Crippen LogP contribution is -2.45. The van der Waals surface area contributed by atoms with E-state index in [1.165, 1.54) is 11.6 Å². The third-order valence-corrected chi connectivity index (χ3v) is 7.88. The molecule has 9 heteroatoms. The lowest BCUT2D eigenvalue weighted by molar-refractivity contribution is -0.128. The molecule has 8 nitrogen and oxygen atoms in total. The van der Waals surface area contributed by atoms with Gasteiger partial charge >= 0.3 is 6.47 Å². The average Bonchev–Trinajstić information content (AvgIpc) is 3.72. The van der Waals surface area contributed by atoms with E-state index in [4.69, 9.17) is 9.26 Å². The fourth-order valence-electron chi connectivity index (χ4n) is 5.67. The van der Waals surface area contributed by atoms with Crippen LogP contribution in [-0.2, 0) is 21.0 Å². The van der Waals surface area contributed by atoms with Crippen molar-refractivity contribution in [2.75, 3.05) is 18.5 Å². The first kappa shape index (κ1) is 27.8. The Morgan fingerprint density at radius 1 is 1.25 bits per heavy atom. The van der Waals surface area contributed by atoms with Crippen molar-refractivity contribution in [2.24, 2.45) is 5.16 Å². The fraction of sp³-hybridized carbons (Fsp3) is 0.452. The van der Waals surface area contributed by atoms with E-state index in [0.717, 1.165) is 73.3 Å². The van der Waals surface area contributed by atoms with Crippen LogP contribution in [0.5, 0.6) is 0 Å². The molecule has 2 aliphatic rings. The van der Waals surface area contributed by atoms with E-state index in [2.05, 4.69) is 51.3 Å². The number of rotatable bonds is 11. The molecule has 0 radical (unpaired) electrons. The van der Waals surface area contributed by atoms with Crippen LogP contribution >= 0.6 is 0 Å². The maximum absolute atomic E-state index is 15.1. The molecule has 2 atom stereocenters. The van der Waals surface area contributed by atoms with Crippen LogP contribution in [0.15, 0.2) is 52.1 Å². The summed E-state index contributed by atoms with van der Waals surface area (Å²) >= 11 is 0. The van der Waals surface area contributed by atoms with E-state index < -0.39 is 5.82 Å². The number of aromatic nitrogens is 1. The summed E-state index contributed by atoms with van der Waals surface area (Å²) < 4.78 is 27.5. The Bertz CT molecular complexity index is 1350. The zero-order valence-corrected chi connectivity index (χ0v) is 23.4. The van der Waals surface area contributed by atoms with E-state index >= 15 is 4.39 Å². The van der Waals surface area contributed by atoms with Gasteiger partial charge < -0.3 is 24.3 Å². The van der Waals surface area contributed by atoms with Gasteiger partial charge in [0.15, 0.2) is 5.84 Å². The monoisotopic (exact) mass is 548 g/mol. The van der Waals surface area contributed by atoms with Crippen molar-refractivity contribution < 1.29 is 23.3 Å². The highest BCUT2D eigenvalue weighted by molar-refractivity contribution is 5.99. The number of hydrogen-bond acceptors (Lipinski definition) is 7. The second kappa shape index (κ2) is 12.6. The number of carbonyl (C=O) groups is 1. The molecule has 1 aliphatic heterocycles. The highest BCUT2D eigenvalue weighted by atomic mass is 19.1. The third kappa shape index (κ3) is 6.04. The summed E-state index contributed by atoms with van der Waals surface area (Å²) in [4.78, 5) is 17.2. The van der Waals surface area contributed by atoms with Gasteiger partial charge in [-0.25, -0.2) is 4.39 Å². The zero-order chi connectivity index (χ0) is 28.1. The van der Waals surface area contributed by atoms with Crippen molar-refractivity contribution in [1.29, 1.82) is 0 Å². The minimum atomic E-state index is -0.433. The van der Waals surface area contributed by atoms with Crippen molar-refractivity contribution in [3.05, 3.63) is 70.7 Å². The molecule has 2 fully saturated rings.